The number of amides is 5. The van der Waals surface area contributed by atoms with Crippen LogP contribution in [0.3, 0.4) is 0 Å². The van der Waals surface area contributed by atoms with E-state index in [2.05, 4.69) is 86.9 Å². The molecule has 0 spiro atoms. The number of imide groups is 2. The van der Waals surface area contributed by atoms with Gasteiger partial charge in [-0.15, -0.1) is 0 Å². The molecule has 10 rings (SSSR count). The quantitative estimate of drug-likeness (QED) is 0.0488. The molecule has 0 bridgehead atoms. The zero-order valence-corrected chi connectivity index (χ0v) is 40.4. The number of anilines is 1. The number of benzene rings is 5. The fourth-order valence-electron chi connectivity index (χ4n) is 9.88. The third-order valence-corrected chi connectivity index (χ3v) is 13.9. The summed E-state index contributed by atoms with van der Waals surface area (Å²) in [6.45, 7) is 7.05. The van der Waals surface area contributed by atoms with E-state index < -0.39 is 29.7 Å². The van der Waals surface area contributed by atoms with Crippen LogP contribution in [0.15, 0.2) is 109 Å². The maximum absolute atomic E-state index is 13.7. The first-order valence-corrected chi connectivity index (χ1v) is 24.8. The number of piperazine rings is 1. The number of aromatic nitrogens is 2. The smallest absolute Gasteiger partial charge is 0.266 e. The summed E-state index contributed by atoms with van der Waals surface area (Å²) in [4.78, 5) is 81.8. The molecule has 14 nitrogen and oxygen atoms in total. The van der Waals surface area contributed by atoms with Gasteiger partial charge in [0.2, 0.25) is 11.8 Å². The SMILES string of the molecule is CNc1nc(-c2ccc3ccccc3c2)nc2c1CCN(C(=O)c1ccc(/C=C/c3ccc(C#CCN4CCN(CCCCCOc5cccc6c5C(=O)N(C5CCC(=O)NC5=O)C6=O)CC4)cc3)cc1)C2. The van der Waals surface area contributed by atoms with Gasteiger partial charge in [0.05, 0.1) is 36.5 Å². The van der Waals surface area contributed by atoms with Gasteiger partial charge in [0, 0.05) is 68.4 Å². The highest BCUT2D eigenvalue weighted by Gasteiger charge is 2.46. The summed E-state index contributed by atoms with van der Waals surface area (Å²) in [5.74, 6) is 6.33. The molecule has 0 saturated carbocycles. The van der Waals surface area contributed by atoms with Crippen molar-refractivity contribution in [1.29, 1.82) is 0 Å². The van der Waals surface area contributed by atoms with Crippen LogP contribution in [-0.2, 0) is 22.6 Å². The molecule has 72 heavy (non-hydrogen) atoms. The van der Waals surface area contributed by atoms with Crippen LogP contribution in [0.5, 0.6) is 5.75 Å². The molecule has 14 heteroatoms. The van der Waals surface area contributed by atoms with E-state index in [4.69, 9.17) is 14.7 Å². The summed E-state index contributed by atoms with van der Waals surface area (Å²) < 4.78 is 6.00. The second kappa shape index (κ2) is 21.6. The summed E-state index contributed by atoms with van der Waals surface area (Å²) in [5, 5.41) is 7.78. The van der Waals surface area contributed by atoms with Crippen LogP contribution < -0.4 is 15.4 Å². The highest BCUT2D eigenvalue weighted by Crippen LogP contribution is 2.34. The molecular formula is C58H56N8O6. The highest BCUT2D eigenvalue weighted by atomic mass is 16.5. The van der Waals surface area contributed by atoms with Crippen molar-refractivity contribution < 1.29 is 28.7 Å². The Labute approximate surface area is 419 Å². The standard InChI is InChI=1S/C58H56N8O6/c1-59-54-46-28-31-65(38-48(46)60-53(62-54)45-25-24-42-10-3-4-11-44(42)37-45)56(69)43-22-20-41(21-23-43)19-18-40-16-14-39(15-17-40)9-8-30-64-34-32-63(33-35-64)29-5-2-6-36-72-50-13-7-12-47-52(50)58(71)66(57(47)70)49-26-27-51(67)61-55(49)68/h3-4,7,10-25,37,49H,2,5-6,26-36,38H2,1H3,(H,59,60,62)(H,61,67,68)/b19-18+. The van der Waals surface area contributed by atoms with Gasteiger partial charge in [0.25, 0.3) is 17.7 Å². The van der Waals surface area contributed by atoms with E-state index in [9.17, 15) is 24.0 Å². The number of piperidine rings is 1. The molecule has 2 saturated heterocycles. The van der Waals surface area contributed by atoms with Gasteiger partial charge in [-0.2, -0.15) is 0 Å². The maximum atomic E-state index is 13.7. The second-order valence-corrected chi connectivity index (χ2v) is 18.6. The van der Waals surface area contributed by atoms with Crippen molar-refractivity contribution in [2.75, 3.05) is 64.8 Å². The van der Waals surface area contributed by atoms with E-state index in [0.717, 1.165) is 114 Å². The maximum Gasteiger partial charge on any atom is 0.266 e. The Morgan fingerprint density at radius 3 is 2.29 bits per heavy atom. The molecular weight excluding hydrogens is 905 g/mol. The Morgan fingerprint density at radius 2 is 1.53 bits per heavy atom. The molecule has 5 heterocycles. The molecule has 1 atom stereocenters. The van der Waals surface area contributed by atoms with Crippen molar-refractivity contribution in [2.24, 2.45) is 0 Å². The lowest BCUT2D eigenvalue weighted by atomic mass is 10.0. The van der Waals surface area contributed by atoms with E-state index in [1.807, 2.05) is 60.5 Å². The van der Waals surface area contributed by atoms with Crippen molar-refractivity contribution in [3.63, 3.8) is 0 Å². The Hall–Kier alpha value is -7.99. The first kappa shape index (κ1) is 47.7. The topological polar surface area (TPSA) is 157 Å². The zero-order valence-electron chi connectivity index (χ0n) is 40.4. The molecule has 1 unspecified atom stereocenters. The lowest BCUT2D eigenvalue weighted by molar-refractivity contribution is -0.136. The molecule has 0 aliphatic carbocycles. The van der Waals surface area contributed by atoms with Crippen molar-refractivity contribution in [2.45, 2.75) is 51.1 Å². The number of hydrogen-bond acceptors (Lipinski definition) is 11. The Balaban J connectivity index is 0.632. The average Bonchev–Trinajstić information content (AvgIpc) is 3.67. The van der Waals surface area contributed by atoms with E-state index >= 15 is 0 Å². The number of carbonyl (C=O) groups excluding carboxylic acids is 5. The van der Waals surface area contributed by atoms with Crippen molar-refractivity contribution in [3.8, 4) is 29.0 Å². The van der Waals surface area contributed by atoms with Gasteiger partial charge in [-0.05, 0) is 103 Å². The van der Waals surface area contributed by atoms with E-state index in [1.54, 1.807) is 18.2 Å². The number of rotatable bonds is 14. The normalized spacial score (nSPS) is 17.2. The van der Waals surface area contributed by atoms with Crippen LogP contribution in [0.4, 0.5) is 5.82 Å². The molecule has 0 radical (unpaired) electrons. The number of carbonyl (C=O) groups is 5. The first-order valence-electron chi connectivity index (χ1n) is 24.8. The molecule has 5 aromatic carbocycles. The van der Waals surface area contributed by atoms with Gasteiger partial charge in [-0.25, -0.2) is 9.97 Å². The van der Waals surface area contributed by atoms with E-state index in [-0.39, 0.29) is 29.9 Å². The second-order valence-electron chi connectivity index (χ2n) is 18.6. The predicted molar refractivity (Wildman–Crippen MR) is 277 cm³/mol. The van der Waals surface area contributed by atoms with Gasteiger partial charge in [0.15, 0.2) is 5.82 Å². The minimum Gasteiger partial charge on any atom is -0.493 e. The zero-order chi connectivity index (χ0) is 49.6. The molecule has 364 valence electrons. The van der Waals surface area contributed by atoms with Gasteiger partial charge in [-0.3, -0.25) is 39.1 Å². The van der Waals surface area contributed by atoms with Crippen molar-refractivity contribution >= 4 is 58.3 Å². The monoisotopic (exact) mass is 960 g/mol. The number of ether oxygens (including phenoxy) is 1. The number of hydrogen-bond donors (Lipinski definition) is 2. The number of nitrogens with one attached hydrogen (secondary N) is 2. The minimum atomic E-state index is -1.01. The Kier molecular flexibility index (Phi) is 14.3. The number of unbranched alkanes of at least 4 members (excludes halogenated alkanes) is 2. The summed E-state index contributed by atoms with van der Waals surface area (Å²) >= 11 is 0. The third-order valence-electron chi connectivity index (χ3n) is 13.9. The van der Waals surface area contributed by atoms with Crippen LogP contribution in [0, 0.1) is 11.8 Å². The molecule has 2 fully saturated rings. The molecule has 1 aromatic heterocycles. The van der Waals surface area contributed by atoms with Crippen LogP contribution in [0.2, 0.25) is 0 Å². The largest absolute Gasteiger partial charge is 0.493 e. The van der Waals surface area contributed by atoms with Gasteiger partial charge >= 0.3 is 0 Å². The third kappa shape index (κ3) is 10.5. The number of fused-ring (bicyclic) bond motifs is 3. The average molecular weight is 961 g/mol. The van der Waals surface area contributed by atoms with Crippen LogP contribution in [0.25, 0.3) is 34.3 Å². The molecule has 5 amide bonds. The summed E-state index contributed by atoms with van der Waals surface area (Å²) in [7, 11) is 1.88. The van der Waals surface area contributed by atoms with Gasteiger partial charge in [-0.1, -0.05) is 90.7 Å². The molecule has 6 aromatic rings. The van der Waals surface area contributed by atoms with E-state index in [1.165, 1.54) is 0 Å². The Morgan fingerprint density at radius 1 is 0.778 bits per heavy atom. The van der Waals surface area contributed by atoms with Crippen LogP contribution >= 0.6 is 0 Å². The summed E-state index contributed by atoms with van der Waals surface area (Å²) in [6.07, 6.45) is 7.77. The van der Waals surface area contributed by atoms with Gasteiger partial charge < -0.3 is 19.9 Å². The lowest BCUT2D eigenvalue weighted by Gasteiger charge is -2.33. The van der Waals surface area contributed by atoms with Crippen LogP contribution in [0.1, 0.15) is 91.1 Å². The molecule has 4 aliphatic heterocycles. The lowest BCUT2D eigenvalue weighted by Crippen LogP contribution is -2.54. The van der Waals surface area contributed by atoms with E-state index in [0.29, 0.717) is 43.3 Å². The minimum absolute atomic E-state index is 0.0144. The highest BCUT2D eigenvalue weighted by molar-refractivity contribution is 6.24. The van der Waals surface area contributed by atoms with Crippen LogP contribution in [-0.4, -0.2) is 125 Å². The molecule has 2 N–H and O–H groups in total. The predicted octanol–water partition coefficient (Wildman–Crippen LogP) is 7.33. The van der Waals surface area contributed by atoms with Crippen molar-refractivity contribution in [3.05, 3.63) is 154 Å². The number of nitrogens with zero attached hydrogens (tertiary/aromatic N) is 6. The fraction of sp³-hybridized carbons (Fsp3) is 0.293. The first-order chi connectivity index (χ1) is 35.2. The summed E-state index contributed by atoms with van der Waals surface area (Å²) in [6, 6.07) is 34.4. The van der Waals surface area contributed by atoms with Crippen molar-refractivity contribution in [1.82, 2.24) is 34.9 Å². The summed E-state index contributed by atoms with van der Waals surface area (Å²) in [5.41, 5.74) is 6.97. The fourth-order valence-corrected chi connectivity index (χ4v) is 9.88. The van der Waals surface area contributed by atoms with Gasteiger partial charge in [0.1, 0.15) is 17.6 Å². The Bertz CT molecular complexity index is 3150. The molecule has 4 aliphatic rings.